The molecule has 290 valence electrons. The molecule has 1 fully saturated rings. The Bertz CT molecular complexity index is 2650. The lowest BCUT2D eigenvalue weighted by Crippen LogP contribution is -2.40. The summed E-state index contributed by atoms with van der Waals surface area (Å²) in [6.45, 7) is 0.162. The van der Waals surface area contributed by atoms with Crippen LogP contribution in [0.4, 0.5) is 22.7 Å². The molecule has 0 saturated carbocycles. The number of fused-ring (bicyclic) bond motifs is 2. The van der Waals surface area contributed by atoms with Gasteiger partial charge in [0.2, 0.25) is 10.0 Å². The van der Waals surface area contributed by atoms with Crippen molar-refractivity contribution in [2.75, 3.05) is 37.0 Å². The standard InChI is InChI=1S/C39H35N3O11S3/c1-40(26-7-13-30(14-8-26)54-53-52-45)28-11-17-32-35(23-28)51-36-24-29(41(2)27-9-15-31(16-10-27)56(48,49)50)12-18-33(36)38(32)34-5-3-4-6-37(34)55(46,47)42-21-19-25(20-22-42)39(43)44/h3-18,23-25H,19-22H2,1-2H3,(H2-,43,44,45,48,49,50)/p+1. The van der Waals surface area contributed by atoms with E-state index < -0.39 is 32.0 Å². The molecule has 3 N–H and O–H groups in total. The van der Waals surface area contributed by atoms with E-state index in [0.717, 1.165) is 23.4 Å². The van der Waals surface area contributed by atoms with Crippen molar-refractivity contribution in [1.29, 1.82) is 0 Å². The lowest BCUT2D eigenvalue weighted by Gasteiger charge is -2.30. The SMILES string of the molecule is CN(c1ccc(SOOO)cc1)c1ccc2c(-c3ccccc3S(=O)(=O)N3CCC(C(=O)O)CC3)c3ccc(N(C)c4ccc(S(=O)(=O)O)cc4)cc3[o+]c2c1. The maximum atomic E-state index is 14.4. The summed E-state index contributed by atoms with van der Waals surface area (Å²) in [5.74, 6) is -1.54. The topological polar surface area (TPSA) is 186 Å². The van der Waals surface area contributed by atoms with Crippen LogP contribution < -0.4 is 9.80 Å². The Morgan fingerprint density at radius 1 is 0.768 bits per heavy atom. The highest BCUT2D eigenvalue weighted by Crippen LogP contribution is 2.43. The largest absolute Gasteiger partial charge is 0.481 e. The number of sulfonamides is 1. The predicted molar refractivity (Wildman–Crippen MR) is 212 cm³/mol. The van der Waals surface area contributed by atoms with Crippen LogP contribution in [-0.2, 0) is 34.3 Å². The zero-order chi connectivity index (χ0) is 39.8. The molecule has 17 heteroatoms. The molecule has 0 aliphatic carbocycles. The van der Waals surface area contributed by atoms with Gasteiger partial charge >= 0.3 is 17.1 Å². The number of piperidine rings is 1. The number of benzene rings is 5. The van der Waals surface area contributed by atoms with Crippen molar-refractivity contribution in [2.24, 2.45) is 5.92 Å². The molecule has 0 radical (unpaired) electrons. The summed E-state index contributed by atoms with van der Waals surface area (Å²) in [5, 5.41) is 23.0. The number of rotatable bonds is 12. The summed E-state index contributed by atoms with van der Waals surface area (Å²) in [6.07, 6.45) is 0.425. The Hall–Kier alpha value is -5.11. The highest BCUT2D eigenvalue weighted by Gasteiger charge is 2.35. The van der Waals surface area contributed by atoms with E-state index in [4.69, 9.17) is 9.67 Å². The highest BCUT2D eigenvalue weighted by atomic mass is 32.2. The summed E-state index contributed by atoms with van der Waals surface area (Å²) in [4.78, 5) is 15.9. The molecular weight excluding hydrogens is 783 g/mol. The Balaban J connectivity index is 1.37. The Labute approximate surface area is 327 Å². The monoisotopic (exact) mass is 818 g/mol. The minimum absolute atomic E-state index is 0.0810. The van der Waals surface area contributed by atoms with Crippen LogP contribution in [0.5, 0.6) is 0 Å². The van der Waals surface area contributed by atoms with Gasteiger partial charge in [-0.15, -0.1) is 4.33 Å². The van der Waals surface area contributed by atoms with Gasteiger partial charge in [-0.05, 0) is 91.7 Å². The van der Waals surface area contributed by atoms with E-state index in [1.807, 2.05) is 65.4 Å². The molecule has 1 aliphatic rings. The smallest absolute Gasteiger partial charge is 0.363 e. The van der Waals surface area contributed by atoms with Crippen molar-refractivity contribution in [1.82, 2.24) is 4.31 Å². The molecule has 0 unspecified atom stereocenters. The fourth-order valence-electron chi connectivity index (χ4n) is 6.87. The van der Waals surface area contributed by atoms with E-state index >= 15 is 0 Å². The fourth-order valence-corrected chi connectivity index (χ4v) is 9.38. The first kappa shape index (κ1) is 39.1. The van der Waals surface area contributed by atoms with Crippen LogP contribution in [0.15, 0.2) is 128 Å². The molecule has 1 aliphatic heterocycles. The van der Waals surface area contributed by atoms with Crippen molar-refractivity contribution in [3.8, 4) is 11.1 Å². The third-order valence-corrected chi connectivity index (χ3v) is 13.4. The summed E-state index contributed by atoms with van der Waals surface area (Å²) in [5.41, 5.74) is 4.86. The third kappa shape index (κ3) is 7.80. The summed E-state index contributed by atoms with van der Waals surface area (Å²) < 4.78 is 74.0. The van der Waals surface area contributed by atoms with Crippen molar-refractivity contribution >= 4 is 82.8 Å². The second-order valence-electron chi connectivity index (χ2n) is 13.2. The summed E-state index contributed by atoms with van der Waals surface area (Å²) >= 11 is 0.842. The van der Waals surface area contributed by atoms with Gasteiger partial charge in [-0.25, -0.2) is 18.1 Å². The predicted octanol–water partition coefficient (Wildman–Crippen LogP) is 8.23. The molecule has 14 nitrogen and oxygen atoms in total. The van der Waals surface area contributed by atoms with E-state index in [-0.39, 0.29) is 35.7 Å². The van der Waals surface area contributed by atoms with E-state index in [1.165, 1.54) is 16.4 Å². The third-order valence-electron chi connectivity index (χ3n) is 9.95. The number of carboxylic acid groups (broad SMARTS) is 1. The summed E-state index contributed by atoms with van der Waals surface area (Å²) in [7, 11) is -4.77. The number of hydrogen-bond donors (Lipinski definition) is 3. The highest BCUT2D eigenvalue weighted by molar-refractivity contribution is 7.94. The van der Waals surface area contributed by atoms with Gasteiger partial charge in [0.1, 0.15) is 0 Å². The van der Waals surface area contributed by atoms with Gasteiger partial charge in [0.05, 0.1) is 62.0 Å². The molecular formula is C39H36N3O11S3+. The fraction of sp³-hybridized carbons (Fsp3) is 0.179. The van der Waals surface area contributed by atoms with E-state index in [1.54, 1.807) is 55.6 Å². The van der Waals surface area contributed by atoms with Crippen molar-refractivity contribution in [3.63, 3.8) is 0 Å². The van der Waals surface area contributed by atoms with Crippen LogP contribution in [0.25, 0.3) is 33.1 Å². The second-order valence-corrected chi connectivity index (χ2v) is 17.3. The van der Waals surface area contributed by atoms with Crippen LogP contribution >= 0.6 is 12.0 Å². The zero-order valence-corrected chi connectivity index (χ0v) is 32.4. The molecule has 6 aromatic rings. The van der Waals surface area contributed by atoms with Crippen LogP contribution in [0.1, 0.15) is 12.8 Å². The molecule has 0 spiro atoms. The van der Waals surface area contributed by atoms with Gasteiger partial charge in [0.15, 0.2) is 0 Å². The maximum Gasteiger partial charge on any atom is 0.363 e. The van der Waals surface area contributed by atoms with Crippen LogP contribution in [0.3, 0.4) is 0 Å². The Morgan fingerprint density at radius 2 is 1.29 bits per heavy atom. The number of aliphatic carboxylic acids is 1. The summed E-state index contributed by atoms with van der Waals surface area (Å²) in [6, 6.07) is 31.0. The van der Waals surface area contributed by atoms with Crippen molar-refractivity contribution in [3.05, 3.63) is 109 Å². The molecule has 0 atom stereocenters. The van der Waals surface area contributed by atoms with E-state index in [0.29, 0.717) is 49.3 Å². The molecule has 2 heterocycles. The molecule has 1 aromatic heterocycles. The van der Waals surface area contributed by atoms with Crippen LogP contribution in [-0.4, -0.2) is 69.2 Å². The minimum atomic E-state index is -4.38. The Kier molecular flexibility index (Phi) is 11.0. The number of anilines is 4. The molecule has 56 heavy (non-hydrogen) atoms. The zero-order valence-electron chi connectivity index (χ0n) is 30.0. The lowest BCUT2D eigenvalue weighted by atomic mass is 9.96. The van der Waals surface area contributed by atoms with Crippen molar-refractivity contribution < 1.29 is 50.3 Å². The van der Waals surface area contributed by atoms with Gasteiger partial charge in [-0.1, -0.05) is 23.2 Å². The van der Waals surface area contributed by atoms with Gasteiger partial charge in [0, 0.05) is 54.6 Å². The molecule has 0 bridgehead atoms. The van der Waals surface area contributed by atoms with Crippen LogP contribution in [0, 0.1) is 5.92 Å². The van der Waals surface area contributed by atoms with E-state index in [2.05, 4.69) is 9.37 Å². The lowest BCUT2D eigenvalue weighted by molar-refractivity contribution is -0.432. The van der Waals surface area contributed by atoms with E-state index in [9.17, 15) is 31.3 Å². The first-order valence-electron chi connectivity index (χ1n) is 17.2. The van der Waals surface area contributed by atoms with Gasteiger partial charge in [-0.2, -0.15) is 12.7 Å². The van der Waals surface area contributed by atoms with Crippen molar-refractivity contribution in [2.45, 2.75) is 27.5 Å². The Morgan fingerprint density at radius 3 is 1.80 bits per heavy atom. The second kappa shape index (κ2) is 15.8. The first-order valence-corrected chi connectivity index (χ1v) is 20.8. The molecule has 7 rings (SSSR count). The number of carboxylic acids is 1. The quantitative estimate of drug-likeness (QED) is 0.0268. The number of hydrogen-bond acceptors (Lipinski definition) is 11. The number of nitrogens with zero attached hydrogens (tertiary/aromatic N) is 3. The molecule has 1 saturated heterocycles. The first-order chi connectivity index (χ1) is 26.8. The van der Waals surface area contributed by atoms with Gasteiger partial charge in [0.25, 0.3) is 10.1 Å². The normalized spacial score (nSPS) is 14.3. The average molecular weight is 819 g/mol. The molecule has 0 amide bonds. The average Bonchev–Trinajstić information content (AvgIpc) is 3.21. The van der Waals surface area contributed by atoms with Gasteiger partial charge < -0.3 is 14.9 Å². The number of carbonyl (C=O) groups is 1. The van der Waals surface area contributed by atoms with Gasteiger partial charge in [-0.3, -0.25) is 9.35 Å². The minimum Gasteiger partial charge on any atom is -0.481 e. The maximum absolute atomic E-state index is 14.4. The van der Waals surface area contributed by atoms with Crippen LogP contribution in [0.2, 0.25) is 0 Å². The molecule has 5 aromatic carbocycles.